The molecule has 9 heteroatoms. The van der Waals surface area contributed by atoms with E-state index in [1.807, 2.05) is 4.90 Å². The number of benzene rings is 2. The summed E-state index contributed by atoms with van der Waals surface area (Å²) in [5, 5.41) is 11.5. The molecule has 2 aliphatic heterocycles. The summed E-state index contributed by atoms with van der Waals surface area (Å²) in [6.45, 7) is 7.53. The molecule has 0 aromatic heterocycles. The molecule has 176 valence electrons. The largest absolute Gasteiger partial charge is 0.450 e. The lowest BCUT2D eigenvalue weighted by Crippen LogP contribution is -2.50. The molecule has 0 saturated carbocycles. The zero-order valence-electron chi connectivity index (χ0n) is 18.8. The summed E-state index contributed by atoms with van der Waals surface area (Å²) < 4.78 is 11.5. The van der Waals surface area contributed by atoms with Gasteiger partial charge in [0, 0.05) is 48.9 Å². The number of carbonyl (C=O) groups excluding carboxylic acids is 1. The number of amides is 1. The molecule has 4 rings (SSSR count). The van der Waals surface area contributed by atoms with E-state index in [1.54, 1.807) is 24.3 Å². The first kappa shape index (κ1) is 23.5. The number of halogens is 1. The van der Waals surface area contributed by atoms with Gasteiger partial charge in [0.25, 0.3) is 5.91 Å². The first-order valence-corrected chi connectivity index (χ1v) is 11.6. The van der Waals surface area contributed by atoms with Crippen molar-refractivity contribution in [2.45, 2.75) is 44.9 Å². The third kappa shape index (κ3) is 5.63. The number of hydrogen-bond acceptors (Lipinski definition) is 6. The molecule has 0 bridgehead atoms. The molecule has 33 heavy (non-hydrogen) atoms. The summed E-state index contributed by atoms with van der Waals surface area (Å²) in [6.07, 6.45) is 2.38. The van der Waals surface area contributed by atoms with Gasteiger partial charge in [-0.1, -0.05) is 11.6 Å². The Balaban J connectivity index is 1.42. The van der Waals surface area contributed by atoms with Gasteiger partial charge >= 0.3 is 5.69 Å². The topological polar surface area (TPSA) is 85.2 Å². The molecule has 2 aromatic carbocycles. The van der Waals surface area contributed by atoms with Gasteiger partial charge in [-0.15, -0.1) is 0 Å². The molecule has 1 amide bonds. The molecule has 0 radical (unpaired) electrons. The predicted octanol–water partition coefficient (Wildman–Crippen LogP) is 4.75. The fourth-order valence-corrected chi connectivity index (χ4v) is 4.87. The number of morpholine rings is 1. The van der Waals surface area contributed by atoms with Crippen LogP contribution >= 0.6 is 11.6 Å². The van der Waals surface area contributed by atoms with E-state index >= 15 is 0 Å². The second-order valence-electron chi connectivity index (χ2n) is 8.77. The zero-order chi connectivity index (χ0) is 23.5. The van der Waals surface area contributed by atoms with Crippen LogP contribution in [-0.4, -0.2) is 65.1 Å². The van der Waals surface area contributed by atoms with Gasteiger partial charge in [0.1, 0.15) is 5.75 Å². The molecule has 3 unspecified atom stereocenters. The lowest BCUT2D eigenvalue weighted by molar-refractivity contribution is -0.385. The average Bonchev–Trinajstić information content (AvgIpc) is 3.22. The smallest absolute Gasteiger partial charge is 0.313 e. The van der Waals surface area contributed by atoms with Crippen molar-refractivity contribution in [1.82, 2.24) is 9.80 Å². The van der Waals surface area contributed by atoms with Crippen molar-refractivity contribution in [2.24, 2.45) is 0 Å². The van der Waals surface area contributed by atoms with Crippen LogP contribution in [0.4, 0.5) is 5.69 Å². The minimum absolute atomic E-state index is 0.00381. The summed E-state index contributed by atoms with van der Waals surface area (Å²) in [4.78, 5) is 28.3. The van der Waals surface area contributed by atoms with E-state index in [0.29, 0.717) is 11.3 Å². The van der Waals surface area contributed by atoms with E-state index < -0.39 is 4.92 Å². The maximum absolute atomic E-state index is 13.2. The number of hydrogen-bond donors (Lipinski definition) is 0. The Bertz CT molecular complexity index is 1010. The third-order valence-electron chi connectivity index (χ3n) is 6.05. The lowest BCUT2D eigenvalue weighted by atomic mass is 10.1. The van der Waals surface area contributed by atoms with Crippen molar-refractivity contribution in [3.63, 3.8) is 0 Å². The van der Waals surface area contributed by atoms with E-state index in [-0.39, 0.29) is 40.6 Å². The lowest BCUT2D eigenvalue weighted by Gasteiger charge is -2.38. The van der Waals surface area contributed by atoms with Crippen LogP contribution in [0.3, 0.4) is 0 Å². The molecule has 2 fully saturated rings. The average molecular weight is 474 g/mol. The normalized spacial score (nSPS) is 23.5. The Labute approximate surface area is 198 Å². The second kappa shape index (κ2) is 10.1. The Morgan fingerprint density at radius 3 is 2.55 bits per heavy atom. The summed E-state index contributed by atoms with van der Waals surface area (Å²) >= 11 is 5.86. The summed E-state index contributed by atoms with van der Waals surface area (Å²) in [5.41, 5.74) is 0.359. The highest BCUT2D eigenvalue weighted by Crippen LogP contribution is 2.34. The molecule has 0 spiro atoms. The Morgan fingerprint density at radius 2 is 1.88 bits per heavy atom. The number of ether oxygens (including phenoxy) is 2. The van der Waals surface area contributed by atoms with Gasteiger partial charge in [0.15, 0.2) is 0 Å². The van der Waals surface area contributed by atoms with Crippen LogP contribution in [0, 0.1) is 10.1 Å². The van der Waals surface area contributed by atoms with Crippen molar-refractivity contribution in [2.75, 3.05) is 26.2 Å². The predicted molar refractivity (Wildman–Crippen MR) is 125 cm³/mol. The SMILES string of the molecule is CC1CN(CC2CCCN2C(=O)c2ccc(Oc3ccc(Cl)cc3[N+](=O)[O-])cc2)CC(C)O1. The van der Waals surface area contributed by atoms with E-state index in [9.17, 15) is 14.9 Å². The van der Waals surface area contributed by atoms with Gasteiger partial charge in [-0.25, -0.2) is 0 Å². The molecular weight excluding hydrogens is 446 g/mol. The van der Waals surface area contributed by atoms with Gasteiger partial charge in [-0.05, 0) is 63.1 Å². The molecular formula is C24H28ClN3O5. The van der Waals surface area contributed by atoms with Crippen molar-refractivity contribution in [3.05, 3.63) is 63.2 Å². The van der Waals surface area contributed by atoms with E-state index in [4.69, 9.17) is 21.1 Å². The van der Waals surface area contributed by atoms with Crippen molar-refractivity contribution in [3.8, 4) is 11.5 Å². The molecule has 2 saturated heterocycles. The maximum atomic E-state index is 13.2. The Hall–Kier alpha value is -2.68. The van der Waals surface area contributed by atoms with Gasteiger partial charge < -0.3 is 14.4 Å². The highest BCUT2D eigenvalue weighted by atomic mass is 35.5. The first-order valence-electron chi connectivity index (χ1n) is 11.2. The number of nitro groups is 1. The summed E-state index contributed by atoms with van der Waals surface area (Å²) in [5.74, 6) is 0.499. The van der Waals surface area contributed by atoms with Gasteiger partial charge in [-0.2, -0.15) is 0 Å². The van der Waals surface area contributed by atoms with Gasteiger partial charge in [0.05, 0.1) is 17.1 Å². The van der Waals surface area contributed by atoms with Crippen LogP contribution < -0.4 is 4.74 Å². The molecule has 2 aromatic rings. The molecule has 0 N–H and O–H groups in total. The van der Waals surface area contributed by atoms with Crippen molar-refractivity contribution < 1.29 is 19.2 Å². The Kier molecular flexibility index (Phi) is 7.17. The second-order valence-corrected chi connectivity index (χ2v) is 9.20. The van der Waals surface area contributed by atoms with Crippen LogP contribution in [0.1, 0.15) is 37.0 Å². The third-order valence-corrected chi connectivity index (χ3v) is 6.28. The minimum atomic E-state index is -0.539. The number of nitrogens with zero attached hydrogens (tertiary/aromatic N) is 3. The highest BCUT2D eigenvalue weighted by Gasteiger charge is 2.33. The molecule has 2 heterocycles. The van der Waals surface area contributed by atoms with Crippen LogP contribution in [0.15, 0.2) is 42.5 Å². The fraction of sp³-hybridized carbons (Fsp3) is 0.458. The summed E-state index contributed by atoms with van der Waals surface area (Å²) in [6, 6.07) is 11.1. The minimum Gasteiger partial charge on any atom is -0.450 e. The van der Waals surface area contributed by atoms with Gasteiger partial charge in [-0.3, -0.25) is 19.8 Å². The molecule has 8 nitrogen and oxygen atoms in total. The van der Waals surface area contributed by atoms with Crippen LogP contribution in [0.5, 0.6) is 11.5 Å². The number of nitro benzene ring substituents is 1. The maximum Gasteiger partial charge on any atom is 0.313 e. The molecule has 2 aliphatic rings. The van der Waals surface area contributed by atoms with E-state index in [0.717, 1.165) is 39.0 Å². The molecule has 0 aliphatic carbocycles. The first-order chi connectivity index (χ1) is 15.8. The van der Waals surface area contributed by atoms with Gasteiger partial charge in [0.2, 0.25) is 5.75 Å². The summed E-state index contributed by atoms with van der Waals surface area (Å²) in [7, 11) is 0. The monoisotopic (exact) mass is 473 g/mol. The zero-order valence-corrected chi connectivity index (χ0v) is 19.5. The standard InChI is InChI=1S/C24H28ClN3O5/c1-16-13-26(14-17(2)32-16)15-20-4-3-11-27(20)24(29)18-5-8-21(9-6-18)33-23-10-7-19(25)12-22(23)28(30)31/h5-10,12,16-17,20H,3-4,11,13-15H2,1-2H3. The van der Waals surface area contributed by atoms with E-state index in [1.165, 1.54) is 18.2 Å². The van der Waals surface area contributed by atoms with Crippen molar-refractivity contribution >= 4 is 23.2 Å². The Morgan fingerprint density at radius 1 is 1.18 bits per heavy atom. The van der Waals surface area contributed by atoms with E-state index in [2.05, 4.69) is 18.7 Å². The molecule has 3 atom stereocenters. The number of carbonyl (C=O) groups is 1. The van der Waals surface area contributed by atoms with Crippen LogP contribution in [-0.2, 0) is 4.74 Å². The fourth-order valence-electron chi connectivity index (χ4n) is 4.70. The van der Waals surface area contributed by atoms with Crippen LogP contribution in [0.2, 0.25) is 5.02 Å². The van der Waals surface area contributed by atoms with Crippen LogP contribution in [0.25, 0.3) is 0 Å². The quantitative estimate of drug-likeness (QED) is 0.444. The number of likely N-dealkylation sites (tertiary alicyclic amines) is 1. The van der Waals surface area contributed by atoms with Crippen molar-refractivity contribution in [1.29, 1.82) is 0 Å². The number of rotatable bonds is 6. The highest BCUT2D eigenvalue weighted by molar-refractivity contribution is 6.30.